The summed E-state index contributed by atoms with van der Waals surface area (Å²) in [7, 11) is -4.59. The fraction of sp³-hybridized carbons (Fsp3) is 0.393. The van der Waals surface area contributed by atoms with Crippen LogP contribution in [-0.4, -0.2) is 151 Å². The first-order valence-electron chi connectivity index (χ1n) is 16.0. The number of phenolic OH excluding ortho intramolecular Hbond substituents is 2. The highest BCUT2D eigenvalue weighted by molar-refractivity contribution is 8.02. The maximum atomic E-state index is 13.4. The highest BCUT2D eigenvalue weighted by atomic mass is 35.5. The van der Waals surface area contributed by atoms with Gasteiger partial charge in [0.1, 0.15) is 17.1 Å². The molecule has 57 heavy (non-hydrogen) atoms. The van der Waals surface area contributed by atoms with Gasteiger partial charge in [0, 0.05) is 25.0 Å². The molecule has 11 N–H and O–H groups in total. The van der Waals surface area contributed by atoms with Crippen molar-refractivity contribution in [1.82, 2.24) is 45.3 Å². The smallest absolute Gasteiger partial charge is 0.350 e. The number of nitrogens with two attached hydrogens (primary N) is 1. The average molecular weight is 878 g/mol. The number of hydrogen-bond acceptors (Lipinski definition) is 17. The van der Waals surface area contributed by atoms with Crippen LogP contribution in [0.5, 0.6) is 11.5 Å². The van der Waals surface area contributed by atoms with Crippen LogP contribution in [0.25, 0.3) is 0 Å². The molecule has 1 aromatic carbocycles. The van der Waals surface area contributed by atoms with Gasteiger partial charge in [-0.3, -0.25) is 19.3 Å². The van der Waals surface area contributed by atoms with E-state index < -0.39 is 109 Å². The summed E-state index contributed by atoms with van der Waals surface area (Å²) in [6.07, 6.45) is 0. The number of oxime groups is 1. The van der Waals surface area contributed by atoms with Gasteiger partial charge in [0.05, 0.1) is 23.7 Å². The van der Waals surface area contributed by atoms with Crippen molar-refractivity contribution < 1.29 is 67.2 Å². The van der Waals surface area contributed by atoms with Crippen molar-refractivity contribution in [3.05, 3.63) is 33.8 Å². The Kier molecular flexibility index (Phi) is 11.8. The number of aromatic hydroxyl groups is 2. The van der Waals surface area contributed by atoms with Gasteiger partial charge in [-0.15, -0.1) is 11.3 Å². The molecule has 3 fully saturated rings. The van der Waals surface area contributed by atoms with Gasteiger partial charge in [-0.05, 0) is 26.0 Å². The quantitative estimate of drug-likeness (QED) is 0.0298. The molecule has 0 unspecified atom stereocenters. The number of aliphatic carboxylic acids is 2. The molecule has 3 saturated heterocycles. The van der Waals surface area contributed by atoms with Crippen molar-refractivity contribution in [3.8, 4) is 11.5 Å². The zero-order valence-corrected chi connectivity index (χ0v) is 32.4. The average Bonchev–Trinajstić information content (AvgIpc) is 3.83. The molecule has 2 aromatic rings. The maximum absolute atomic E-state index is 13.4. The molecule has 0 bridgehead atoms. The summed E-state index contributed by atoms with van der Waals surface area (Å²) in [5, 5.41) is 47.8. The zero-order valence-electron chi connectivity index (χ0n) is 29.2. The minimum atomic E-state index is -4.59. The number of thiazole rings is 1. The van der Waals surface area contributed by atoms with Crippen molar-refractivity contribution >= 4 is 97.5 Å². The van der Waals surface area contributed by atoms with Gasteiger partial charge >= 0.3 is 34.2 Å². The Morgan fingerprint density at radius 1 is 1.14 bits per heavy atom. The van der Waals surface area contributed by atoms with Gasteiger partial charge in [0.15, 0.2) is 22.3 Å². The lowest BCUT2D eigenvalue weighted by atomic mass is 10.1. The van der Waals surface area contributed by atoms with Crippen LogP contribution in [0, 0.1) is 0 Å². The monoisotopic (exact) mass is 877 g/mol. The molecule has 1 aromatic heterocycles. The number of urea groups is 2. The summed E-state index contributed by atoms with van der Waals surface area (Å²) in [5.74, 6) is -6.85. The van der Waals surface area contributed by atoms with Gasteiger partial charge < -0.3 is 46.5 Å². The highest BCUT2D eigenvalue weighted by Crippen LogP contribution is 2.49. The Bertz CT molecular complexity index is 2190. The van der Waals surface area contributed by atoms with E-state index in [9.17, 15) is 62.4 Å². The number of nitrogens with one attached hydrogen (secondary N) is 5. The predicted octanol–water partition coefficient (Wildman–Crippen LogP) is -2.23. The fourth-order valence-electron chi connectivity index (χ4n) is 5.28. The molecule has 5 rings (SSSR count). The third kappa shape index (κ3) is 8.62. The van der Waals surface area contributed by atoms with E-state index in [1.54, 1.807) is 4.72 Å². The SMILES string of the molecule is CC(C)(O/N=C(\C(=O)N[C@@H]1C(=O)N2C[C@@](C(=O)O)(N3CCN(NC(=O)NS(=O)(=O)NCCNC(=O)c4ccc(O)c(O)c4Cl)C3=O)S[C@H]12)c1csc(N)n1)C(=O)O. The molecular weight excluding hydrogens is 846 g/mol. The number of hydrogen-bond donors (Lipinski definition) is 10. The number of thioether (sulfide) groups is 1. The summed E-state index contributed by atoms with van der Waals surface area (Å²) in [6.45, 7) is 0.389. The fourth-order valence-corrected chi connectivity index (χ4v) is 8.44. The number of rotatable bonds is 15. The topological polar surface area (TPSA) is 365 Å². The molecule has 3 aliphatic heterocycles. The zero-order chi connectivity index (χ0) is 42.2. The first-order chi connectivity index (χ1) is 26.6. The molecule has 29 heteroatoms. The van der Waals surface area contributed by atoms with E-state index in [1.165, 1.54) is 19.2 Å². The maximum Gasteiger partial charge on any atom is 0.350 e. The number of fused-ring (bicyclic) bond motifs is 1. The molecule has 7 amide bonds. The number of carboxylic acid groups (broad SMARTS) is 2. The van der Waals surface area contributed by atoms with Crippen molar-refractivity contribution in [2.24, 2.45) is 5.16 Å². The van der Waals surface area contributed by atoms with Crippen LogP contribution in [0.3, 0.4) is 0 Å². The number of benzene rings is 1. The van der Waals surface area contributed by atoms with Crippen LogP contribution in [0.15, 0.2) is 22.7 Å². The number of nitrogens with zero attached hydrogens (tertiary/aromatic N) is 5. The second-order valence-corrected chi connectivity index (χ2v) is 16.7. The largest absolute Gasteiger partial charge is 0.504 e. The van der Waals surface area contributed by atoms with E-state index in [4.69, 9.17) is 22.2 Å². The van der Waals surface area contributed by atoms with E-state index in [0.29, 0.717) is 16.8 Å². The van der Waals surface area contributed by atoms with Crippen LogP contribution in [0.1, 0.15) is 29.9 Å². The molecule has 3 atom stereocenters. The Hall–Kier alpha value is -5.84. The molecule has 4 heterocycles. The lowest BCUT2D eigenvalue weighted by Gasteiger charge is -2.41. The number of nitrogen functional groups attached to an aromatic ring is 1. The number of hydrazine groups is 1. The lowest BCUT2D eigenvalue weighted by Crippen LogP contribution is -2.68. The Morgan fingerprint density at radius 3 is 2.47 bits per heavy atom. The van der Waals surface area contributed by atoms with Gasteiger partial charge in [0.2, 0.25) is 16.4 Å². The number of aromatic nitrogens is 1. The number of anilines is 1. The summed E-state index contributed by atoms with van der Waals surface area (Å²) in [4.78, 5) is 97.9. The molecular formula is C28H32ClN11O14S3. The van der Waals surface area contributed by atoms with Crippen molar-refractivity contribution in [2.45, 2.75) is 35.7 Å². The van der Waals surface area contributed by atoms with Gasteiger partial charge in [-0.1, -0.05) is 28.5 Å². The second kappa shape index (κ2) is 16.0. The highest BCUT2D eigenvalue weighted by Gasteiger charge is 2.66. The van der Waals surface area contributed by atoms with Crippen molar-refractivity contribution in [2.75, 3.05) is 38.5 Å². The number of amides is 7. The normalized spacial score (nSPS) is 20.8. The van der Waals surface area contributed by atoms with E-state index in [-0.39, 0.29) is 36.0 Å². The van der Waals surface area contributed by atoms with Gasteiger partial charge in [-0.25, -0.2) is 39.3 Å². The van der Waals surface area contributed by atoms with E-state index >= 15 is 0 Å². The van der Waals surface area contributed by atoms with Crippen LogP contribution in [-0.2, 0) is 34.2 Å². The molecule has 0 radical (unpaired) electrons. The minimum absolute atomic E-state index is 0.0293. The Labute approximate surface area is 333 Å². The van der Waals surface area contributed by atoms with Gasteiger partial charge in [-0.2, -0.15) is 13.1 Å². The summed E-state index contributed by atoms with van der Waals surface area (Å²) >= 11 is 7.40. The van der Waals surface area contributed by atoms with E-state index in [0.717, 1.165) is 33.3 Å². The first-order valence-corrected chi connectivity index (χ1v) is 19.6. The second-order valence-electron chi connectivity index (χ2n) is 12.5. The standard InChI is InChI=1S/C28H32ClN11O14S3/c1-27(2,22(46)47)54-36-15(12-9-55-24(30)33-12)19(44)34-16-20(45)38-10-28(23(48)49,56-21(16)38)39-7-8-40(26(39)51)35-25(50)37-57(52,53)32-6-5-31-18(43)11-3-4-13(41)17(42)14(11)29/h3-4,9,16,21,32,41-42H,5-8,10H2,1-2H3,(H2,30,33)(H,31,43)(H,34,44)(H,46,47)(H,48,49)(H2,35,37,50)/b36-15-/t16-,21-,28-/m1/s1. The Morgan fingerprint density at radius 2 is 1.84 bits per heavy atom. The molecule has 25 nitrogen and oxygen atoms in total. The third-order valence-electron chi connectivity index (χ3n) is 8.27. The van der Waals surface area contributed by atoms with Crippen LogP contribution in [0.2, 0.25) is 5.02 Å². The third-order valence-corrected chi connectivity index (χ3v) is 12.1. The van der Waals surface area contributed by atoms with Crippen molar-refractivity contribution in [1.29, 1.82) is 0 Å². The number of carbonyl (C=O) groups is 7. The molecule has 0 saturated carbocycles. The molecule has 308 valence electrons. The van der Waals surface area contributed by atoms with Crippen LogP contribution >= 0.6 is 34.7 Å². The van der Waals surface area contributed by atoms with Crippen molar-refractivity contribution in [3.63, 3.8) is 0 Å². The molecule has 3 aliphatic rings. The summed E-state index contributed by atoms with van der Waals surface area (Å²) < 4.78 is 28.4. The molecule has 0 spiro atoms. The number of β-lactam (4-membered cyclic amide) rings is 1. The van der Waals surface area contributed by atoms with Gasteiger partial charge in [0.25, 0.3) is 11.8 Å². The number of halogens is 1. The lowest BCUT2D eigenvalue weighted by molar-refractivity contribution is -0.161. The molecule has 0 aliphatic carbocycles. The summed E-state index contributed by atoms with van der Waals surface area (Å²) in [6, 6.07) is -1.71. The van der Waals surface area contributed by atoms with E-state index in [2.05, 4.69) is 20.8 Å². The number of phenols is 2. The number of carbonyl (C=O) groups excluding carboxylic acids is 5. The van der Waals surface area contributed by atoms with Crippen LogP contribution in [0.4, 0.5) is 14.7 Å². The first kappa shape index (κ1) is 42.3. The number of carboxylic acids is 2. The summed E-state index contributed by atoms with van der Waals surface area (Å²) in [5.41, 5.74) is 4.95. The predicted molar refractivity (Wildman–Crippen MR) is 196 cm³/mol. The minimum Gasteiger partial charge on any atom is -0.504 e. The van der Waals surface area contributed by atoms with E-state index in [1.807, 2.05) is 10.1 Å². The Balaban J connectivity index is 1.17. The van der Waals surface area contributed by atoms with Crippen LogP contribution < -0.4 is 31.2 Å².